The van der Waals surface area contributed by atoms with Gasteiger partial charge in [0.2, 0.25) is 0 Å². The Balaban J connectivity index is 2.60. The van der Waals surface area contributed by atoms with Gasteiger partial charge in [-0.05, 0) is 34.2 Å². The fourth-order valence-electron chi connectivity index (χ4n) is 1.26. The van der Waals surface area contributed by atoms with Crippen LogP contribution in [-0.2, 0) is 6.42 Å². The van der Waals surface area contributed by atoms with Crippen molar-refractivity contribution in [3.05, 3.63) is 22.4 Å². The molecular formula is C10H18N2S. The molecule has 74 valence electrons. The van der Waals surface area contributed by atoms with Gasteiger partial charge in [0.15, 0.2) is 0 Å². The van der Waals surface area contributed by atoms with Gasteiger partial charge in [-0.25, -0.2) is 0 Å². The molecule has 0 radical (unpaired) electrons. The summed E-state index contributed by atoms with van der Waals surface area (Å²) in [6, 6.07) is 2.49. The molecule has 0 aliphatic heterocycles. The number of hydrogen-bond acceptors (Lipinski definition) is 3. The van der Waals surface area contributed by atoms with Crippen LogP contribution in [0.5, 0.6) is 0 Å². The molecule has 1 rings (SSSR count). The van der Waals surface area contributed by atoms with E-state index >= 15 is 0 Å². The van der Waals surface area contributed by atoms with Gasteiger partial charge in [0.1, 0.15) is 0 Å². The Morgan fingerprint density at radius 1 is 1.54 bits per heavy atom. The second kappa shape index (κ2) is 4.22. The summed E-state index contributed by atoms with van der Waals surface area (Å²) in [5.74, 6) is 5.53. The summed E-state index contributed by atoms with van der Waals surface area (Å²) in [4.78, 5) is 0. The van der Waals surface area contributed by atoms with E-state index in [1.165, 1.54) is 5.56 Å². The summed E-state index contributed by atoms with van der Waals surface area (Å²) in [5.41, 5.74) is 4.45. The molecule has 1 unspecified atom stereocenters. The van der Waals surface area contributed by atoms with Gasteiger partial charge in [0, 0.05) is 6.04 Å². The van der Waals surface area contributed by atoms with E-state index < -0.39 is 0 Å². The topological polar surface area (TPSA) is 38.0 Å². The highest BCUT2D eigenvalue weighted by atomic mass is 32.1. The summed E-state index contributed by atoms with van der Waals surface area (Å²) < 4.78 is 0. The van der Waals surface area contributed by atoms with Gasteiger partial charge in [-0.15, -0.1) is 0 Å². The maximum atomic E-state index is 5.53. The van der Waals surface area contributed by atoms with Crippen molar-refractivity contribution in [2.45, 2.75) is 33.2 Å². The van der Waals surface area contributed by atoms with Crippen LogP contribution in [0.4, 0.5) is 0 Å². The van der Waals surface area contributed by atoms with E-state index in [9.17, 15) is 0 Å². The first-order valence-corrected chi connectivity index (χ1v) is 5.45. The van der Waals surface area contributed by atoms with Crippen LogP contribution in [0.15, 0.2) is 16.8 Å². The number of hydrazine groups is 1. The van der Waals surface area contributed by atoms with E-state index in [4.69, 9.17) is 5.84 Å². The monoisotopic (exact) mass is 198 g/mol. The molecule has 1 heterocycles. The van der Waals surface area contributed by atoms with E-state index in [0.717, 1.165) is 6.42 Å². The van der Waals surface area contributed by atoms with Crippen molar-refractivity contribution in [2.75, 3.05) is 0 Å². The van der Waals surface area contributed by atoms with E-state index in [2.05, 4.69) is 43.0 Å². The molecule has 0 bridgehead atoms. The molecule has 1 aromatic rings. The minimum Gasteiger partial charge on any atom is -0.271 e. The van der Waals surface area contributed by atoms with Crippen LogP contribution in [0, 0.1) is 5.41 Å². The van der Waals surface area contributed by atoms with Crippen molar-refractivity contribution in [3.63, 3.8) is 0 Å². The highest BCUT2D eigenvalue weighted by Gasteiger charge is 2.23. The van der Waals surface area contributed by atoms with Crippen LogP contribution in [0.3, 0.4) is 0 Å². The van der Waals surface area contributed by atoms with Crippen LogP contribution in [0.2, 0.25) is 0 Å². The summed E-state index contributed by atoms with van der Waals surface area (Å²) in [6.07, 6.45) is 1.00. The average molecular weight is 198 g/mol. The molecule has 0 amide bonds. The Bertz CT molecular complexity index is 236. The third kappa shape index (κ3) is 3.10. The average Bonchev–Trinajstić information content (AvgIpc) is 2.49. The van der Waals surface area contributed by atoms with E-state index in [1.54, 1.807) is 11.3 Å². The normalized spacial score (nSPS) is 14.5. The van der Waals surface area contributed by atoms with Crippen molar-refractivity contribution >= 4 is 11.3 Å². The van der Waals surface area contributed by atoms with Crippen molar-refractivity contribution in [1.29, 1.82) is 0 Å². The maximum absolute atomic E-state index is 5.53. The summed E-state index contributed by atoms with van der Waals surface area (Å²) >= 11 is 1.73. The van der Waals surface area contributed by atoms with Crippen LogP contribution < -0.4 is 11.3 Å². The number of thiophene rings is 1. The maximum Gasteiger partial charge on any atom is 0.0299 e. The van der Waals surface area contributed by atoms with Gasteiger partial charge in [-0.1, -0.05) is 20.8 Å². The van der Waals surface area contributed by atoms with Gasteiger partial charge < -0.3 is 0 Å². The Morgan fingerprint density at radius 2 is 2.23 bits per heavy atom. The van der Waals surface area contributed by atoms with Gasteiger partial charge in [0.05, 0.1) is 0 Å². The van der Waals surface area contributed by atoms with Crippen molar-refractivity contribution in [2.24, 2.45) is 11.3 Å². The van der Waals surface area contributed by atoms with E-state index in [0.29, 0.717) is 6.04 Å². The predicted octanol–water partition coefficient (Wildman–Crippen LogP) is 2.17. The standard InChI is InChI=1S/C10H18N2S/c1-10(2,3)9(12-11)6-8-4-5-13-7-8/h4-5,7,9,12H,6,11H2,1-3H3. The fourth-order valence-corrected chi connectivity index (χ4v) is 1.94. The van der Waals surface area contributed by atoms with E-state index in [1.807, 2.05) is 0 Å². The zero-order chi connectivity index (χ0) is 9.90. The Labute approximate surface area is 84.1 Å². The molecular weight excluding hydrogens is 180 g/mol. The lowest BCUT2D eigenvalue weighted by Crippen LogP contribution is -2.45. The van der Waals surface area contributed by atoms with Gasteiger partial charge in [0.25, 0.3) is 0 Å². The smallest absolute Gasteiger partial charge is 0.0299 e. The zero-order valence-corrected chi connectivity index (χ0v) is 9.32. The van der Waals surface area contributed by atoms with Crippen LogP contribution in [0.25, 0.3) is 0 Å². The lowest BCUT2D eigenvalue weighted by Gasteiger charge is -2.29. The quantitative estimate of drug-likeness (QED) is 0.577. The SMILES string of the molecule is CC(C)(C)C(Cc1ccsc1)NN. The molecule has 3 heteroatoms. The molecule has 0 aliphatic carbocycles. The highest BCUT2D eigenvalue weighted by molar-refractivity contribution is 7.07. The third-order valence-corrected chi connectivity index (χ3v) is 3.00. The number of rotatable bonds is 3. The number of hydrogen-bond donors (Lipinski definition) is 2. The summed E-state index contributed by atoms with van der Waals surface area (Å²) in [5, 5.41) is 4.28. The van der Waals surface area contributed by atoms with Gasteiger partial charge in [-0.2, -0.15) is 11.3 Å². The lowest BCUT2D eigenvalue weighted by atomic mass is 9.84. The molecule has 0 saturated carbocycles. The van der Waals surface area contributed by atoms with E-state index in [-0.39, 0.29) is 5.41 Å². The Morgan fingerprint density at radius 3 is 2.62 bits per heavy atom. The summed E-state index contributed by atoms with van der Waals surface area (Å²) in [6.45, 7) is 6.59. The first-order chi connectivity index (χ1) is 6.04. The second-order valence-corrected chi connectivity index (χ2v) is 5.20. The van der Waals surface area contributed by atoms with Crippen molar-refractivity contribution in [1.82, 2.24) is 5.43 Å². The molecule has 1 atom stereocenters. The summed E-state index contributed by atoms with van der Waals surface area (Å²) in [7, 11) is 0. The van der Waals surface area contributed by atoms with Gasteiger partial charge >= 0.3 is 0 Å². The first kappa shape index (κ1) is 10.7. The molecule has 0 fully saturated rings. The molecule has 0 aliphatic rings. The van der Waals surface area contributed by atoms with Crippen molar-refractivity contribution in [3.8, 4) is 0 Å². The van der Waals surface area contributed by atoms with Crippen LogP contribution in [0.1, 0.15) is 26.3 Å². The largest absolute Gasteiger partial charge is 0.271 e. The minimum atomic E-state index is 0.205. The van der Waals surface area contributed by atoms with Crippen LogP contribution >= 0.6 is 11.3 Å². The van der Waals surface area contributed by atoms with Crippen LogP contribution in [-0.4, -0.2) is 6.04 Å². The van der Waals surface area contributed by atoms with Crippen molar-refractivity contribution < 1.29 is 0 Å². The molecule has 0 saturated heterocycles. The molecule has 13 heavy (non-hydrogen) atoms. The molecule has 0 spiro atoms. The first-order valence-electron chi connectivity index (χ1n) is 4.51. The fraction of sp³-hybridized carbons (Fsp3) is 0.600. The lowest BCUT2D eigenvalue weighted by molar-refractivity contribution is 0.269. The number of nitrogens with one attached hydrogen (secondary N) is 1. The van der Waals surface area contributed by atoms with Gasteiger partial charge in [-0.3, -0.25) is 11.3 Å². The Kier molecular flexibility index (Phi) is 3.47. The highest BCUT2D eigenvalue weighted by Crippen LogP contribution is 2.22. The molecule has 0 aromatic carbocycles. The Hall–Kier alpha value is -0.380. The number of nitrogens with two attached hydrogens (primary N) is 1. The molecule has 1 aromatic heterocycles. The third-order valence-electron chi connectivity index (χ3n) is 2.27. The predicted molar refractivity (Wildman–Crippen MR) is 58.6 cm³/mol. The molecule has 2 nitrogen and oxygen atoms in total. The second-order valence-electron chi connectivity index (χ2n) is 4.42. The zero-order valence-electron chi connectivity index (χ0n) is 8.50. The molecule has 3 N–H and O–H groups in total. The minimum absolute atomic E-state index is 0.205.